The van der Waals surface area contributed by atoms with Gasteiger partial charge in [-0.1, -0.05) is 13.0 Å². The van der Waals surface area contributed by atoms with Crippen molar-refractivity contribution in [2.24, 2.45) is 0 Å². The van der Waals surface area contributed by atoms with Crippen molar-refractivity contribution in [2.45, 2.75) is 26.3 Å². The predicted molar refractivity (Wildman–Crippen MR) is 93.7 cm³/mol. The van der Waals surface area contributed by atoms with Gasteiger partial charge >= 0.3 is 0 Å². The van der Waals surface area contributed by atoms with E-state index in [-0.39, 0.29) is 11.9 Å². The van der Waals surface area contributed by atoms with E-state index in [2.05, 4.69) is 34.8 Å². The standard InChI is InChI=1S/C19H24N4O/c1-3-16-14-20-9-7-17(16)19(24)23-12-10-22(11-13-23)15(2)18-6-4-5-8-21-18/h4-9,14-15H,3,10-13H2,1-2H3. The molecule has 3 rings (SSSR count). The molecule has 2 aromatic rings. The lowest BCUT2D eigenvalue weighted by Crippen LogP contribution is -2.49. The van der Waals surface area contributed by atoms with Crippen LogP contribution < -0.4 is 0 Å². The third kappa shape index (κ3) is 3.46. The minimum Gasteiger partial charge on any atom is -0.336 e. The number of piperazine rings is 1. The highest BCUT2D eigenvalue weighted by Gasteiger charge is 2.26. The highest BCUT2D eigenvalue weighted by atomic mass is 16.2. The number of nitrogens with zero attached hydrogens (tertiary/aromatic N) is 4. The van der Waals surface area contributed by atoms with Crippen molar-refractivity contribution in [3.8, 4) is 0 Å². The Kier molecular flexibility index (Phi) is 5.20. The lowest BCUT2D eigenvalue weighted by molar-refractivity contribution is 0.0578. The second-order valence-electron chi connectivity index (χ2n) is 6.15. The van der Waals surface area contributed by atoms with Gasteiger partial charge in [0.25, 0.3) is 5.91 Å². The molecule has 1 unspecified atom stereocenters. The number of carbonyl (C=O) groups is 1. The number of amides is 1. The molecule has 0 spiro atoms. The molecule has 0 aliphatic carbocycles. The highest BCUT2D eigenvalue weighted by molar-refractivity contribution is 5.95. The number of carbonyl (C=O) groups excluding carboxylic acids is 1. The van der Waals surface area contributed by atoms with Crippen LogP contribution in [-0.4, -0.2) is 51.9 Å². The molecular formula is C19H24N4O. The second kappa shape index (κ2) is 7.53. The van der Waals surface area contributed by atoms with Gasteiger partial charge in [-0.15, -0.1) is 0 Å². The van der Waals surface area contributed by atoms with Crippen LogP contribution >= 0.6 is 0 Å². The number of aromatic nitrogens is 2. The van der Waals surface area contributed by atoms with Crippen LogP contribution in [0.15, 0.2) is 42.9 Å². The fourth-order valence-corrected chi connectivity index (χ4v) is 3.21. The number of hydrogen-bond donors (Lipinski definition) is 0. The zero-order valence-corrected chi connectivity index (χ0v) is 14.4. The number of aryl methyl sites for hydroxylation is 1. The number of pyridine rings is 2. The molecular weight excluding hydrogens is 300 g/mol. The van der Waals surface area contributed by atoms with Crippen LogP contribution in [0.5, 0.6) is 0 Å². The van der Waals surface area contributed by atoms with Crippen LogP contribution in [0.2, 0.25) is 0 Å². The van der Waals surface area contributed by atoms with Gasteiger partial charge in [-0.2, -0.15) is 0 Å². The molecule has 0 bridgehead atoms. The third-order valence-electron chi connectivity index (χ3n) is 4.78. The lowest BCUT2D eigenvalue weighted by atomic mass is 10.1. The summed E-state index contributed by atoms with van der Waals surface area (Å²) in [4.78, 5) is 25.7. The van der Waals surface area contributed by atoms with E-state index in [1.54, 1.807) is 12.4 Å². The smallest absolute Gasteiger partial charge is 0.254 e. The minimum atomic E-state index is 0.124. The first kappa shape index (κ1) is 16.6. The van der Waals surface area contributed by atoms with E-state index < -0.39 is 0 Å². The quantitative estimate of drug-likeness (QED) is 0.867. The summed E-state index contributed by atoms with van der Waals surface area (Å²) in [5.74, 6) is 0.124. The average molecular weight is 324 g/mol. The summed E-state index contributed by atoms with van der Waals surface area (Å²) < 4.78 is 0. The predicted octanol–water partition coefficient (Wildman–Crippen LogP) is 2.56. The molecule has 1 aliphatic rings. The zero-order chi connectivity index (χ0) is 16.9. The molecule has 24 heavy (non-hydrogen) atoms. The minimum absolute atomic E-state index is 0.124. The SMILES string of the molecule is CCc1cnccc1C(=O)N1CCN(C(C)c2ccccn2)CC1. The maximum Gasteiger partial charge on any atom is 0.254 e. The Bertz CT molecular complexity index is 681. The zero-order valence-electron chi connectivity index (χ0n) is 14.4. The van der Waals surface area contributed by atoms with Gasteiger partial charge in [0, 0.05) is 56.4 Å². The molecule has 1 atom stereocenters. The van der Waals surface area contributed by atoms with Gasteiger partial charge in [-0.3, -0.25) is 19.7 Å². The van der Waals surface area contributed by atoms with Crippen molar-refractivity contribution in [1.29, 1.82) is 0 Å². The van der Waals surface area contributed by atoms with Crippen molar-refractivity contribution in [3.05, 3.63) is 59.7 Å². The normalized spacial score (nSPS) is 16.8. The van der Waals surface area contributed by atoms with E-state index in [9.17, 15) is 4.79 Å². The molecule has 5 nitrogen and oxygen atoms in total. The van der Waals surface area contributed by atoms with Crippen LogP contribution in [-0.2, 0) is 6.42 Å². The molecule has 5 heteroatoms. The molecule has 126 valence electrons. The van der Waals surface area contributed by atoms with Crippen molar-refractivity contribution in [2.75, 3.05) is 26.2 Å². The Labute approximate surface area is 143 Å². The summed E-state index contributed by atoms with van der Waals surface area (Å²) in [6, 6.07) is 8.13. The van der Waals surface area contributed by atoms with E-state index in [1.807, 2.05) is 29.3 Å². The Balaban J connectivity index is 1.64. The molecule has 3 heterocycles. The van der Waals surface area contributed by atoms with Gasteiger partial charge < -0.3 is 4.90 Å². The monoisotopic (exact) mass is 324 g/mol. The van der Waals surface area contributed by atoms with Crippen LogP contribution in [0.25, 0.3) is 0 Å². The molecule has 2 aromatic heterocycles. The van der Waals surface area contributed by atoms with Gasteiger partial charge in [0.2, 0.25) is 0 Å². The fourth-order valence-electron chi connectivity index (χ4n) is 3.21. The summed E-state index contributed by atoms with van der Waals surface area (Å²) in [6.45, 7) is 7.48. The van der Waals surface area contributed by atoms with E-state index in [1.165, 1.54) is 0 Å². The van der Waals surface area contributed by atoms with Crippen LogP contribution in [0.1, 0.15) is 41.5 Å². The molecule has 1 amide bonds. The van der Waals surface area contributed by atoms with E-state index in [4.69, 9.17) is 0 Å². The largest absolute Gasteiger partial charge is 0.336 e. The Morgan fingerprint density at radius 2 is 1.96 bits per heavy atom. The van der Waals surface area contributed by atoms with Gasteiger partial charge in [0.1, 0.15) is 0 Å². The third-order valence-corrected chi connectivity index (χ3v) is 4.78. The lowest BCUT2D eigenvalue weighted by Gasteiger charge is -2.38. The Morgan fingerprint density at radius 3 is 2.62 bits per heavy atom. The van der Waals surface area contributed by atoms with E-state index >= 15 is 0 Å². The molecule has 0 N–H and O–H groups in total. The molecule has 0 aromatic carbocycles. The number of rotatable bonds is 4. The highest BCUT2D eigenvalue weighted by Crippen LogP contribution is 2.20. The van der Waals surface area contributed by atoms with Crippen LogP contribution in [0.4, 0.5) is 0 Å². The van der Waals surface area contributed by atoms with Gasteiger partial charge in [-0.25, -0.2) is 0 Å². The summed E-state index contributed by atoms with van der Waals surface area (Å²) in [7, 11) is 0. The first-order valence-electron chi connectivity index (χ1n) is 8.58. The van der Waals surface area contributed by atoms with E-state index in [0.717, 1.165) is 49.4 Å². The van der Waals surface area contributed by atoms with Crippen molar-refractivity contribution in [3.63, 3.8) is 0 Å². The Hall–Kier alpha value is -2.27. The fraction of sp³-hybridized carbons (Fsp3) is 0.421. The number of hydrogen-bond acceptors (Lipinski definition) is 4. The summed E-state index contributed by atoms with van der Waals surface area (Å²) in [5, 5.41) is 0. The second-order valence-corrected chi connectivity index (χ2v) is 6.15. The first-order chi connectivity index (χ1) is 11.7. The molecule has 1 fully saturated rings. The molecule has 0 saturated carbocycles. The Morgan fingerprint density at radius 1 is 1.17 bits per heavy atom. The van der Waals surface area contributed by atoms with Crippen LogP contribution in [0, 0.1) is 0 Å². The summed E-state index contributed by atoms with van der Waals surface area (Å²) in [6.07, 6.45) is 6.16. The average Bonchev–Trinajstić information content (AvgIpc) is 2.67. The first-order valence-corrected chi connectivity index (χ1v) is 8.58. The summed E-state index contributed by atoms with van der Waals surface area (Å²) in [5.41, 5.74) is 2.89. The van der Waals surface area contributed by atoms with Crippen molar-refractivity contribution in [1.82, 2.24) is 19.8 Å². The molecule has 1 saturated heterocycles. The van der Waals surface area contributed by atoms with Crippen molar-refractivity contribution < 1.29 is 4.79 Å². The maximum atomic E-state index is 12.8. The van der Waals surface area contributed by atoms with Gasteiger partial charge in [-0.05, 0) is 37.1 Å². The maximum absolute atomic E-state index is 12.8. The van der Waals surface area contributed by atoms with Gasteiger partial charge in [0.15, 0.2) is 0 Å². The van der Waals surface area contributed by atoms with Crippen molar-refractivity contribution >= 4 is 5.91 Å². The van der Waals surface area contributed by atoms with Gasteiger partial charge in [0.05, 0.1) is 5.69 Å². The molecule has 1 aliphatic heterocycles. The molecule has 0 radical (unpaired) electrons. The summed E-state index contributed by atoms with van der Waals surface area (Å²) >= 11 is 0. The van der Waals surface area contributed by atoms with E-state index in [0.29, 0.717) is 0 Å². The topological polar surface area (TPSA) is 49.3 Å². The van der Waals surface area contributed by atoms with Crippen LogP contribution in [0.3, 0.4) is 0 Å².